The third-order valence-corrected chi connectivity index (χ3v) is 1.36. The van der Waals surface area contributed by atoms with E-state index in [1.54, 1.807) is 38.5 Å². The van der Waals surface area contributed by atoms with E-state index in [0.717, 1.165) is 11.8 Å². The highest BCUT2D eigenvalue weighted by Crippen LogP contribution is 2.11. The van der Waals surface area contributed by atoms with Crippen molar-refractivity contribution >= 4 is 12.0 Å². The van der Waals surface area contributed by atoms with Crippen LogP contribution in [0.1, 0.15) is 5.56 Å². The van der Waals surface area contributed by atoms with E-state index >= 15 is 0 Å². The number of hydrogen-bond acceptors (Lipinski definition) is 4. The van der Waals surface area contributed by atoms with Gasteiger partial charge in [0.25, 0.3) is 0 Å². The highest BCUT2D eigenvalue weighted by molar-refractivity contribution is 5.55. The molecule has 0 aliphatic heterocycles. The lowest BCUT2D eigenvalue weighted by atomic mass is 10.1. The zero-order chi connectivity index (χ0) is 10.8. The number of carbonyl (C=O) groups excluding carboxylic acids is 1. The fraction of sp³-hybridized carbons (Fsp3) is 0.300. The zero-order valence-electron chi connectivity index (χ0n) is 8.27. The van der Waals surface area contributed by atoms with Gasteiger partial charge in [-0.1, -0.05) is 12.1 Å². The maximum absolute atomic E-state index is 10.0. The molecule has 0 aliphatic rings. The third kappa shape index (κ3) is 5.16. The molecular weight excluding hydrogens is 182 g/mol. The molecule has 1 aromatic rings. The minimum absolute atomic E-state index is 0.388. The fourth-order valence-electron chi connectivity index (χ4n) is 0.789. The maximum Gasteiger partial charge on any atom is 0.124 e. The average molecular weight is 195 g/mol. The summed E-state index contributed by atoms with van der Waals surface area (Å²) in [5.41, 5.74) is 1.28. The van der Waals surface area contributed by atoms with Crippen molar-refractivity contribution in [3.05, 3.63) is 34.7 Å². The van der Waals surface area contributed by atoms with Gasteiger partial charge in [0.2, 0.25) is 0 Å². The molecule has 0 heterocycles. The second-order valence-electron chi connectivity index (χ2n) is 2.54. The van der Waals surface area contributed by atoms with Crippen LogP contribution < -0.4 is 0 Å². The first-order valence-electron chi connectivity index (χ1n) is 4.04. The molecule has 0 amide bonds. The summed E-state index contributed by atoms with van der Waals surface area (Å²) in [6.07, 6.45) is 1.21. The van der Waals surface area contributed by atoms with E-state index < -0.39 is 0 Å². The third-order valence-electron chi connectivity index (χ3n) is 1.36. The van der Waals surface area contributed by atoms with Crippen LogP contribution in [-0.2, 0) is 16.0 Å². The Hall–Kier alpha value is -1.55. The van der Waals surface area contributed by atoms with Gasteiger partial charge in [0.15, 0.2) is 0 Å². The predicted octanol–water partition coefficient (Wildman–Crippen LogP) is 2.09. The van der Waals surface area contributed by atoms with Crippen molar-refractivity contribution in [2.45, 2.75) is 6.42 Å². The average Bonchev–Trinajstić information content (AvgIpc) is 2.21. The van der Waals surface area contributed by atoms with Crippen molar-refractivity contribution in [2.24, 2.45) is 5.18 Å². The Balaban J connectivity index is 0.000000500. The van der Waals surface area contributed by atoms with Gasteiger partial charge in [-0.05, 0) is 22.9 Å². The summed E-state index contributed by atoms with van der Waals surface area (Å²) in [7, 11) is 3.25. The second-order valence-corrected chi connectivity index (χ2v) is 2.54. The number of nitrogens with zero attached hydrogens (tertiary/aromatic N) is 1. The highest BCUT2D eigenvalue weighted by Gasteiger charge is 1.91. The van der Waals surface area contributed by atoms with Crippen LogP contribution in [0.25, 0.3) is 0 Å². The summed E-state index contributed by atoms with van der Waals surface area (Å²) in [6.45, 7) is 0. The van der Waals surface area contributed by atoms with Gasteiger partial charge in [-0.3, -0.25) is 0 Å². The van der Waals surface area contributed by atoms with Gasteiger partial charge >= 0.3 is 0 Å². The van der Waals surface area contributed by atoms with E-state index in [1.165, 1.54) is 0 Å². The van der Waals surface area contributed by atoms with Gasteiger partial charge in [0.1, 0.15) is 12.0 Å². The van der Waals surface area contributed by atoms with Crippen molar-refractivity contribution in [2.75, 3.05) is 14.2 Å². The fourth-order valence-corrected chi connectivity index (χ4v) is 0.789. The minimum atomic E-state index is 0.388. The molecule has 4 nitrogen and oxygen atoms in total. The highest BCUT2D eigenvalue weighted by atomic mass is 16.4. The van der Waals surface area contributed by atoms with Crippen LogP contribution in [-0.4, -0.2) is 20.5 Å². The first-order valence-corrected chi connectivity index (χ1v) is 4.04. The zero-order valence-corrected chi connectivity index (χ0v) is 8.27. The van der Waals surface area contributed by atoms with Gasteiger partial charge in [-0.2, -0.15) is 0 Å². The van der Waals surface area contributed by atoms with Crippen molar-refractivity contribution in [1.82, 2.24) is 0 Å². The SMILES string of the molecule is COC.O=CCc1ccc(N=O)cc1. The Morgan fingerprint density at radius 3 is 2.14 bits per heavy atom. The molecule has 76 valence electrons. The Labute approximate surface area is 82.9 Å². The van der Waals surface area contributed by atoms with E-state index in [1.807, 2.05) is 0 Å². The van der Waals surface area contributed by atoms with E-state index in [9.17, 15) is 9.70 Å². The Bertz CT molecular complexity index is 269. The first-order chi connectivity index (χ1) is 6.78. The number of hydrogen-bond donors (Lipinski definition) is 0. The number of nitroso groups, excluding NO2 is 1. The van der Waals surface area contributed by atoms with Crippen LogP contribution in [0.5, 0.6) is 0 Å². The molecule has 0 saturated heterocycles. The first kappa shape index (κ1) is 12.4. The number of aldehydes is 1. The van der Waals surface area contributed by atoms with Crippen molar-refractivity contribution in [3.63, 3.8) is 0 Å². The molecule has 0 saturated carbocycles. The smallest absolute Gasteiger partial charge is 0.124 e. The topological polar surface area (TPSA) is 55.7 Å². The molecule has 0 fully saturated rings. The van der Waals surface area contributed by atoms with Crippen LogP contribution in [0.15, 0.2) is 29.4 Å². The van der Waals surface area contributed by atoms with Crippen molar-refractivity contribution in [3.8, 4) is 0 Å². The summed E-state index contributed by atoms with van der Waals surface area (Å²) in [5, 5.41) is 2.73. The van der Waals surface area contributed by atoms with Crippen LogP contribution in [0, 0.1) is 4.91 Å². The molecule has 0 unspecified atom stereocenters. The summed E-state index contributed by atoms with van der Waals surface area (Å²) >= 11 is 0. The monoisotopic (exact) mass is 195 g/mol. The molecule has 0 atom stereocenters. The number of methoxy groups -OCH3 is 1. The van der Waals surface area contributed by atoms with Gasteiger partial charge in [0, 0.05) is 20.6 Å². The molecule has 0 spiro atoms. The van der Waals surface area contributed by atoms with Crippen molar-refractivity contribution < 1.29 is 9.53 Å². The van der Waals surface area contributed by atoms with E-state index in [4.69, 9.17) is 0 Å². The van der Waals surface area contributed by atoms with E-state index in [2.05, 4.69) is 9.91 Å². The Kier molecular flexibility index (Phi) is 7.17. The molecule has 1 aromatic carbocycles. The van der Waals surface area contributed by atoms with Crippen LogP contribution in [0.3, 0.4) is 0 Å². The van der Waals surface area contributed by atoms with Crippen LogP contribution in [0.4, 0.5) is 5.69 Å². The molecule has 1 rings (SSSR count). The summed E-state index contributed by atoms with van der Waals surface area (Å²) in [6, 6.07) is 6.61. The van der Waals surface area contributed by atoms with E-state index in [-0.39, 0.29) is 0 Å². The Morgan fingerprint density at radius 2 is 1.79 bits per heavy atom. The van der Waals surface area contributed by atoms with Gasteiger partial charge < -0.3 is 9.53 Å². The van der Waals surface area contributed by atoms with Gasteiger partial charge in [-0.25, -0.2) is 0 Å². The largest absolute Gasteiger partial charge is 0.388 e. The lowest BCUT2D eigenvalue weighted by molar-refractivity contribution is -0.107. The number of benzene rings is 1. The molecule has 14 heavy (non-hydrogen) atoms. The Morgan fingerprint density at radius 1 is 1.29 bits per heavy atom. The molecule has 0 aliphatic carbocycles. The lowest BCUT2D eigenvalue weighted by Gasteiger charge is -1.92. The molecule has 0 aromatic heterocycles. The minimum Gasteiger partial charge on any atom is -0.388 e. The standard InChI is InChI=1S/C8H7NO2.C2H6O/c10-6-5-7-1-3-8(9-11)4-2-7;1-3-2/h1-4,6H,5H2;1-2H3. The normalized spacial score (nSPS) is 8.43. The van der Waals surface area contributed by atoms with Crippen LogP contribution in [0.2, 0.25) is 0 Å². The summed E-state index contributed by atoms with van der Waals surface area (Å²) in [4.78, 5) is 20.0. The summed E-state index contributed by atoms with van der Waals surface area (Å²) < 4.78 is 4.25. The molecule has 0 N–H and O–H groups in total. The lowest BCUT2D eigenvalue weighted by Crippen LogP contribution is -1.82. The number of ether oxygens (including phenoxy) is 1. The molecule has 0 bridgehead atoms. The molecular formula is C10H13NO3. The second kappa shape index (κ2) is 8.07. The van der Waals surface area contributed by atoms with Crippen LogP contribution >= 0.6 is 0 Å². The van der Waals surface area contributed by atoms with E-state index in [0.29, 0.717) is 12.1 Å². The van der Waals surface area contributed by atoms with Gasteiger partial charge in [-0.15, -0.1) is 4.91 Å². The maximum atomic E-state index is 10.0. The number of rotatable bonds is 3. The van der Waals surface area contributed by atoms with Crippen molar-refractivity contribution in [1.29, 1.82) is 0 Å². The molecule has 0 radical (unpaired) electrons. The van der Waals surface area contributed by atoms with Gasteiger partial charge in [0.05, 0.1) is 0 Å². The number of carbonyl (C=O) groups is 1. The quantitative estimate of drug-likeness (QED) is 0.548. The summed E-state index contributed by atoms with van der Waals surface area (Å²) in [5.74, 6) is 0. The predicted molar refractivity (Wildman–Crippen MR) is 54.6 cm³/mol. The molecule has 4 heteroatoms.